The van der Waals surface area contributed by atoms with E-state index in [0.717, 1.165) is 15.2 Å². The van der Waals surface area contributed by atoms with Crippen LogP contribution in [0.4, 0.5) is 0 Å². The zero-order chi connectivity index (χ0) is 12.3. The van der Waals surface area contributed by atoms with Crippen LogP contribution in [0.2, 0.25) is 0 Å². The lowest BCUT2D eigenvalue weighted by Crippen LogP contribution is -2.18. The van der Waals surface area contributed by atoms with E-state index in [9.17, 15) is 0 Å². The van der Waals surface area contributed by atoms with Gasteiger partial charge in [-0.3, -0.25) is 0 Å². The molecule has 1 unspecified atom stereocenters. The van der Waals surface area contributed by atoms with Crippen LogP contribution in [-0.4, -0.2) is 24.8 Å². The highest BCUT2D eigenvalue weighted by molar-refractivity contribution is 9.10. The minimum Gasteiger partial charge on any atom is -0.472 e. The van der Waals surface area contributed by atoms with Gasteiger partial charge in [-0.05, 0) is 25.1 Å². The molecule has 0 aliphatic carbocycles. The topological polar surface area (TPSA) is 31.4 Å². The van der Waals surface area contributed by atoms with E-state index in [1.54, 1.807) is 13.3 Å². The van der Waals surface area contributed by atoms with E-state index in [-0.39, 0.29) is 6.10 Å². The lowest BCUT2D eigenvalue weighted by atomic mass is 10.2. The SMILES string of the molecule is COCC(C)Oc1nccc2c(Br)cccc12. The van der Waals surface area contributed by atoms with Gasteiger partial charge in [0.05, 0.1) is 6.61 Å². The molecule has 17 heavy (non-hydrogen) atoms. The average Bonchev–Trinajstić information content (AvgIpc) is 2.31. The number of ether oxygens (including phenoxy) is 2. The van der Waals surface area contributed by atoms with Crippen molar-refractivity contribution in [1.29, 1.82) is 0 Å². The number of pyridine rings is 1. The van der Waals surface area contributed by atoms with Gasteiger partial charge in [0.15, 0.2) is 0 Å². The molecule has 0 spiro atoms. The van der Waals surface area contributed by atoms with Gasteiger partial charge >= 0.3 is 0 Å². The van der Waals surface area contributed by atoms with Crippen LogP contribution in [0, 0.1) is 0 Å². The number of fused-ring (bicyclic) bond motifs is 1. The number of benzene rings is 1. The third-order valence-corrected chi connectivity index (χ3v) is 3.12. The van der Waals surface area contributed by atoms with Gasteiger partial charge in [0.2, 0.25) is 5.88 Å². The first kappa shape index (κ1) is 12.3. The number of hydrogen-bond donors (Lipinski definition) is 0. The van der Waals surface area contributed by atoms with E-state index in [0.29, 0.717) is 12.5 Å². The Morgan fingerprint density at radius 2 is 2.12 bits per heavy atom. The Balaban J connectivity index is 2.37. The second-order valence-corrected chi connectivity index (χ2v) is 4.69. The molecule has 0 amide bonds. The summed E-state index contributed by atoms with van der Waals surface area (Å²) in [7, 11) is 1.66. The summed E-state index contributed by atoms with van der Waals surface area (Å²) in [5, 5.41) is 2.10. The van der Waals surface area contributed by atoms with Crippen molar-refractivity contribution < 1.29 is 9.47 Å². The quantitative estimate of drug-likeness (QED) is 0.866. The van der Waals surface area contributed by atoms with Gasteiger partial charge in [0.25, 0.3) is 0 Å². The maximum Gasteiger partial charge on any atom is 0.221 e. The molecule has 0 saturated heterocycles. The van der Waals surface area contributed by atoms with Gasteiger partial charge < -0.3 is 9.47 Å². The van der Waals surface area contributed by atoms with Crippen LogP contribution in [0.3, 0.4) is 0 Å². The summed E-state index contributed by atoms with van der Waals surface area (Å²) in [5.41, 5.74) is 0. The molecule has 1 heterocycles. The molecule has 1 aromatic carbocycles. The van der Waals surface area contributed by atoms with Crippen LogP contribution in [-0.2, 0) is 4.74 Å². The standard InChI is InChI=1S/C13H14BrNO2/c1-9(8-16-2)17-13-11-4-3-5-12(14)10(11)6-7-15-13/h3-7,9H,8H2,1-2H3. The third kappa shape index (κ3) is 2.76. The molecule has 90 valence electrons. The van der Waals surface area contributed by atoms with Crippen LogP contribution in [0.15, 0.2) is 34.9 Å². The summed E-state index contributed by atoms with van der Waals surface area (Å²) in [6.45, 7) is 2.51. The highest BCUT2D eigenvalue weighted by Crippen LogP contribution is 2.29. The second kappa shape index (κ2) is 5.47. The van der Waals surface area contributed by atoms with E-state index in [1.807, 2.05) is 31.2 Å². The van der Waals surface area contributed by atoms with E-state index in [1.165, 1.54) is 0 Å². The predicted octanol–water partition coefficient (Wildman–Crippen LogP) is 3.41. The van der Waals surface area contributed by atoms with Crippen molar-refractivity contribution in [3.05, 3.63) is 34.9 Å². The number of methoxy groups -OCH3 is 1. The molecular formula is C13H14BrNO2. The van der Waals surface area contributed by atoms with Crippen LogP contribution in [0.25, 0.3) is 10.8 Å². The number of aromatic nitrogens is 1. The Kier molecular flexibility index (Phi) is 3.97. The fraction of sp³-hybridized carbons (Fsp3) is 0.308. The Morgan fingerprint density at radius 1 is 1.29 bits per heavy atom. The molecule has 0 fully saturated rings. The van der Waals surface area contributed by atoms with Gasteiger partial charge in [0, 0.05) is 28.6 Å². The number of hydrogen-bond acceptors (Lipinski definition) is 3. The van der Waals surface area contributed by atoms with Crippen LogP contribution < -0.4 is 4.74 Å². The molecule has 3 nitrogen and oxygen atoms in total. The molecule has 2 aromatic rings. The third-order valence-electron chi connectivity index (χ3n) is 2.43. The Morgan fingerprint density at radius 3 is 2.88 bits per heavy atom. The van der Waals surface area contributed by atoms with Crippen LogP contribution in [0.5, 0.6) is 5.88 Å². The molecule has 1 aromatic heterocycles. The van der Waals surface area contributed by atoms with E-state index < -0.39 is 0 Å². The lowest BCUT2D eigenvalue weighted by Gasteiger charge is -2.14. The molecule has 0 aliphatic rings. The molecule has 0 radical (unpaired) electrons. The van der Waals surface area contributed by atoms with E-state index in [4.69, 9.17) is 9.47 Å². The van der Waals surface area contributed by atoms with Gasteiger partial charge in [-0.25, -0.2) is 4.98 Å². The first-order valence-electron chi connectivity index (χ1n) is 5.41. The Labute approximate surface area is 109 Å². The number of nitrogens with zero attached hydrogens (tertiary/aromatic N) is 1. The van der Waals surface area contributed by atoms with E-state index >= 15 is 0 Å². The summed E-state index contributed by atoms with van der Waals surface area (Å²) in [6, 6.07) is 7.95. The van der Waals surface area contributed by atoms with Crippen molar-refractivity contribution in [1.82, 2.24) is 4.98 Å². The minimum atomic E-state index is -0.0166. The summed E-state index contributed by atoms with van der Waals surface area (Å²) < 4.78 is 11.9. The van der Waals surface area contributed by atoms with Crippen LogP contribution >= 0.6 is 15.9 Å². The normalized spacial score (nSPS) is 12.6. The van der Waals surface area contributed by atoms with Gasteiger partial charge in [0.1, 0.15) is 6.10 Å². The molecule has 2 rings (SSSR count). The lowest BCUT2D eigenvalue weighted by molar-refractivity contribution is 0.0901. The summed E-state index contributed by atoms with van der Waals surface area (Å²) in [4.78, 5) is 4.27. The van der Waals surface area contributed by atoms with E-state index in [2.05, 4.69) is 20.9 Å². The maximum absolute atomic E-state index is 5.77. The molecule has 1 atom stereocenters. The smallest absolute Gasteiger partial charge is 0.221 e. The first-order valence-corrected chi connectivity index (χ1v) is 6.20. The van der Waals surface area contributed by atoms with Gasteiger partial charge in [-0.2, -0.15) is 0 Å². The first-order chi connectivity index (χ1) is 8.22. The zero-order valence-corrected chi connectivity index (χ0v) is 11.4. The molecule has 0 aliphatic heterocycles. The molecule has 0 N–H and O–H groups in total. The minimum absolute atomic E-state index is 0.0166. The number of rotatable bonds is 4. The summed E-state index contributed by atoms with van der Waals surface area (Å²) in [6.07, 6.45) is 1.74. The largest absolute Gasteiger partial charge is 0.472 e. The molecule has 4 heteroatoms. The second-order valence-electron chi connectivity index (χ2n) is 3.83. The fourth-order valence-corrected chi connectivity index (χ4v) is 2.19. The van der Waals surface area contributed by atoms with Crippen LogP contribution in [0.1, 0.15) is 6.92 Å². The Hall–Kier alpha value is -1.13. The zero-order valence-electron chi connectivity index (χ0n) is 9.81. The number of halogens is 1. The average molecular weight is 296 g/mol. The fourth-order valence-electron chi connectivity index (χ4n) is 1.70. The summed E-state index contributed by atoms with van der Waals surface area (Å²) >= 11 is 3.52. The van der Waals surface area contributed by atoms with Gasteiger partial charge in [-0.15, -0.1) is 0 Å². The van der Waals surface area contributed by atoms with Crippen molar-refractivity contribution >= 4 is 26.7 Å². The molecule has 0 saturated carbocycles. The highest BCUT2D eigenvalue weighted by Gasteiger charge is 2.09. The van der Waals surface area contributed by atoms with Gasteiger partial charge in [-0.1, -0.05) is 22.0 Å². The monoisotopic (exact) mass is 295 g/mol. The molecule has 0 bridgehead atoms. The van der Waals surface area contributed by atoms with Crippen molar-refractivity contribution in [3.63, 3.8) is 0 Å². The van der Waals surface area contributed by atoms with Crippen molar-refractivity contribution in [2.75, 3.05) is 13.7 Å². The predicted molar refractivity (Wildman–Crippen MR) is 71.4 cm³/mol. The maximum atomic E-state index is 5.77. The molecular weight excluding hydrogens is 282 g/mol. The van der Waals surface area contributed by atoms with Crippen molar-refractivity contribution in [2.45, 2.75) is 13.0 Å². The van der Waals surface area contributed by atoms with Crippen molar-refractivity contribution in [2.24, 2.45) is 0 Å². The summed E-state index contributed by atoms with van der Waals surface area (Å²) in [5.74, 6) is 0.647. The highest BCUT2D eigenvalue weighted by atomic mass is 79.9. The van der Waals surface area contributed by atoms with Crippen molar-refractivity contribution in [3.8, 4) is 5.88 Å². The Bertz CT molecular complexity index is 516.